The first kappa shape index (κ1) is 141. The Morgan fingerprint density at radius 2 is 0.760 bits per heavy atom. The van der Waals surface area contributed by atoms with Crippen molar-refractivity contribution < 1.29 is 89.2 Å². The van der Waals surface area contributed by atoms with Crippen LogP contribution in [0.5, 0.6) is 0 Å². The fourth-order valence-electron chi connectivity index (χ4n) is 10.1. The molecule has 8 N–H and O–H groups in total. The zero-order valence-corrected chi connectivity index (χ0v) is 103. The van der Waals surface area contributed by atoms with Gasteiger partial charge >= 0.3 is 175 Å². The van der Waals surface area contributed by atoms with E-state index in [0.29, 0.717) is 106 Å². The number of halogens is 23. The normalized spacial score (nSPS) is 10.1. The van der Waals surface area contributed by atoms with Crippen molar-refractivity contribution in [1.82, 2.24) is 9.97 Å². The zero-order valence-electron chi connectivity index (χ0n) is 70.8. The van der Waals surface area contributed by atoms with Gasteiger partial charge in [0.05, 0.1) is 122 Å². The molecule has 1 atom stereocenters. The molecule has 0 amide bonds. The molecule has 0 bridgehead atoms. The van der Waals surface area contributed by atoms with Crippen LogP contribution in [0.4, 0.5) is 17.1 Å². The number of hydrogen-bond acceptors (Lipinski definition) is 14. The SMILES string of the molecule is C.C.CC(=O)Cc1ccc(I)c(Cl)c1Cl.CC(=O)c1ccc(N)c(Cl)c1Cl.CC(=O)c1ccc(N)c(Cl)c1Cl.CCC(C(C)=O)c1ccc(I)c(Cl)c1Cl.CCC[CH2][Sn]([CH2]CCC)([CH2]CCC)[c]1cnccn1.CCI.CCc1ccc(I)c(Cl)c1Cl.CS(=O)(=O)Cl.Nc1ccc(CO)c(Cl)c1Cl.OCc1ccc(I)c(Cl)c1Cl.[C-]#N.[C-]#[N+]Cc1ccc(I)c(Cl)c1Cl.[K+]. The van der Waals surface area contributed by atoms with Crippen LogP contribution in [-0.4, -0.2) is 80.8 Å². The Balaban J connectivity index is -0.000000326. The average Bonchev–Trinajstić information content (AvgIpc) is 0.819. The molecular weight excluding hydrogens is 2840 g/mol. The molecule has 129 heavy (non-hydrogen) atoms. The van der Waals surface area contributed by atoms with Gasteiger partial charge in [-0.1, -0.05) is 274 Å². The van der Waals surface area contributed by atoms with Gasteiger partial charge in [0.2, 0.25) is 15.6 Å². The Labute approximate surface area is 976 Å². The van der Waals surface area contributed by atoms with Gasteiger partial charge in [0.25, 0.3) is 0 Å². The molecular formula is C88H101Cl17I6KN7O8SSn. The maximum Gasteiger partial charge on any atom is 1.00 e. The topological polar surface area (TPSA) is 275 Å². The molecule has 15 nitrogen and oxygen atoms in total. The van der Waals surface area contributed by atoms with Gasteiger partial charge in [-0.15, -0.1) is 0 Å². The third-order valence-electron chi connectivity index (χ3n) is 16.5. The van der Waals surface area contributed by atoms with Gasteiger partial charge in [-0.05, 0) is 252 Å². The van der Waals surface area contributed by atoms with Gasteiger partial charge < -0.3 is 44.1 Å². The van der Waals surface area contributed by atoms with E-state index in [1.165, 1.54) is 80.7 Å². The molecule has 0 aliphatic carbocycles. The standard InChI is InChI=1S/C11H11Cl2IO.C9H7Cl2IO.C8H4Cl2IN.C8H7Cl2I.2C8H7Cl2NO.C7H5Cl2IO.C7H7Cl2NO.C4H3N2.3C4H9.C2H5I.CH3ClO2S.CN.2CH4.K.Sn/c1-3-7(6(2)15)8-4-5-9(14)11(13)10(8)12;1-5(13)4-6-2-3-7(12)9(11)8(6)10;1-12-4-5-2-3-6(11)8(10)7(5)9;1-2-5-3-4-6(11)8(10)7(5)9;2*1-4(12)5-2-3-6(11)8(10)7(5)9;2*8-6-4(3-11)1-2-5(10)7(6)9;1-2-6-4-3-5-1;3*1-3-4-2;1-2-3;1-5(2,3)4;1-2;;;;/h4-5,7H,3H2,1-2H3;2-3H,4H2,1H3;2-3H,4H2;3-4H,2H2,1H3;2*2-3H,11H2,1H3;1-2,11H,3H2;1-2,11H,3,10H2;1-3H;3*1,3-4H2,2H3;2H2,1H3;1H3;;2*1H4;;/q;;;;;;;;;;;;;;-1;;;+1;. The summed E-state index contributed by atoms with van der Waals surface area (Å²) in [6.45, 7) is 30.6. The first-order valence-corrected chi connectivity index (χ1v) is 60.4. The quantitative estimate of drug-likeness (QED) is 0.00654. The average molecular weight is 2940 g/mol. The number of carbonyl (C=O) groups excluding carboxylic acids is 4. The second kappa shape index (κ2) is 78.1. The van der Waals surface area contributed by atoms with Crippen LogP contribution in [0.15, 0.2) is 116 Å². The molecule has 9 rings (SSSR count). The van der Waals surface area contributed by atoms with Crippen LogP contribution in [0.3, 0.4) is 0 Å². The van der Waals surface area contributed by atoms with Crippen molar-refractivity contribution in [3.63, 3.8) is 0 Å². The first-order valence-electron chi connectivity index (χ1n) is 37.3. The molecule has 0 aliphatic heterocycles. The summed E-state index contributed by atoms with van der Waals surface area (Å²) in [5.74, 6) is -0.188. The third kappa shape index (κ3) is 54.0. The fourth-order valence-corrected chi connectivity index (χ4v) is 31.8. The van der Waals surface area contributed by atoms with Crippen molar-refractivity contribution in [2.24, 2.45) is 0 Å². The van der Waals surface area contributed by atoms with Gasteiger partial charge in [0.15, 0.2) is 11.6 Å². The molecule has 708 valence electrons. The minimum atomic E-state index is -3.19. The predicted octanol–water partition coefficient (Wildman–Crippen LogP) is 31.8. The van der Waals surface area contributed by atoms with Crippen LogP contribution in [0.25, 0.3) is 4.85 Å². The summed E-state index contributed by atoms with van der Waals surface area (Å²) >= 11 is 104. The second-order valence-corrected chi connectivity index (χ2v) is 55.4. The van der Waals surface area contributed by atoms with Gasteiger partial charge in [-0.3, -0.25) is 19.2 Å². The number of hydrogen-bond donors (Lipinski definition) is 5. The van der Waals surface area contributed by atoms with Crippen LogP contribution in [0.2, 0.25) is 93.7 Å². The second-order valence-electron chi connectivity index (χ2n) is 25.9. The van der Waals surface area contributed by atoms with Gasteiger partial charge in [-0.2, -0.15) is 0 Å². The minimum Gasteiger partial charge on any atom is -0.512 e. The number of benzene rings is 8. The van der Waals surface area contributed by atoms with E-state index in [9.17, 15) is 27.6 Å². The van der Waals surface area contributed by atoms with Gasteiger partial charge in [-0.25, -0.2) is 15.0 Å². The van der Waals surface area contributed by atoms with Gasteiger partial charge in [0.1, 0.15) is 11.6 Å². The van der Waals surface area contributed by atoms with Crippen LogP contribution >= 0.6 is 332 Å². The Morgan fingerprint density at radius 3 is 1.07 bits per heavy atom. The molecule has 8 aromatic carbocycles. The number of aliphatic hydroxyl groups is 2. The Hall–Kier alpha value is 1.52. The van der Waals surface area contributed by atoms with E-state index < -0.39 is 27.4 Å². The maximum atomic E-state index is 11.4. The summed E-state index contributed by atoms with van der Waals surface area (Å²) < 4.78 is 30.5. The number of aromatic nitrogens is 2. The molecule has 1 unspecified atom stereocenters. The number of carbonyl (C=O) groups is 4. The number of aliphatic hydroxyl groups excluding tert-OH is 2. The number of anilines is 3. The van der Waals surface area contributed by atoms with E-state index >= 15 is 0 Å². The molecule has 1 aromatic heterocycles. The monoisotopic (exact) mass is 2930 g/mol. The van der Waals surface area contributed by atoms with Crippen molar-refractivity contribution in [2.75, 3.05) is 27.9 Å². The van der Waals surface area contributed by atoms with E-state index in [1.807, 2.05) is 73.9 Å². The number of nitrogens with zero attached hydrogens (tertiary/aromatic N) is 4. The molecule has 0 radical (unpaired) electrons. The summed E-state index contributed by atoms with van der Waals surface area (Å²) in [7, 11) is 1.31. The van der Waals surface area contributed by atoms with Gasteiger partial charge in [0, 0.05) is 52.0 Å². The number of rotatable bonds is 21. The Morgan fingerprint density at radius 1 is 0.465 bits per heavy atom. The van der Waals surface area contributed by atoms with E-state index in [-0.39, 0.29) is 135 Å². The Kier molecular flexibility index (Phi) is 85.5. The molecule has 1 heterocycles. The van der Waals surface area contributed by atoms with Crippen molar-refractivity contribution in [2.45, 2.75) is 181 Å². The number of nitrogens with two attached hydrogens (primary N) is 3. The fraction of sp³-hybridized carbons (Fsp3) is 0.341. The smallest absolute Gasteiger partial charge is 0.512 e. The summed E-state index contributed by atoms with van der Waals surface area (Å²) in [5.41, 5.74) is 23.1. The summed E-state index contributed by atoms with van der Waals surface area (Å²) in [6.07, 6.45) is 16.9. The predicted molar refractivity (Wildman–Crippen MR) is 608 cm³/mol. The van der Waals surface area contributed by atoms with E-state index in [0.717, 1.165) is 59.2 Å². The molecule has 9 aromatic rings. The van der Waals surface area contributed by atoms with Crippen LogP contribution < -0.4 is 72.3 Å². The van der Waals surface area contributed by atoms with Crippen molar-refractivity contribution in [3.8, 4) is 0 Å². The zero-order chi connectivity index (χ0) is 97.8. The third-order valence-corrected chi connectivity index (χ3v) is 45.0. The van der Waals surface area contributed by atoms with Crippen molar-refractivity contribution in [3.05, 3.63) is 276 Å². The van der Waals surface area contributed by atoms with Crippen LogP contribution in [-0.2, 0) is 51.2 Å². The number of ketones is 4. The molecule has 0 saturated carbocycles. The van der Waals surface area contributed by atoms with Crippen LogP contribution in [0, 0.1) is 36.3 Å². The minimum absolute atomic E-state index is 0. The first-order chi connectivity index (χ1) is 58.9. The number of Topliss-reactive ketones (excluding diaryl/α,β-unsaturated/α-hetero) is 4. The number of unbranched alkanes of at least 4 members (excludes halogenated alkanes) is 3. The number of alkyl halides is 1. The molecule has 0 spiro atoms. The largest absolute Gasteiger partial charge is 1.00 e. The number of aryl methyl sites for hydroxylation is 1. The van der Waals surface area contributed by atoms with E-state index in [4.69, 9.17) is 236 Å². The number of nitrogen functional groups attached to an aromatic ring is 3. The van der Waals surface area contributed by atoms with Crippen molar-refractivity contribution >= 4 is 403 Å². The summed E-state index contributed by atoms with van der Waals surface area (Å²) in [4.78, 5) is 56.5. The maximum absolute atomic E-state index is 11.4. The van der Waals surface area contributed by atoms with Crippen LogP contribution in [0.1, 0.15) is 189 Å². The summed E-state index contributed by atoms with van der Waals surface area (Å²) in [6, 6.07) is 28.2. The molecule has 0 fully saturated rings. The van der Waals surface area contributed by atoms with Crippen molar-refractivity contribution in [1.29, 1.82) is 5.26 Å². The Bertz CT molecular complexity index is 4930. The molecule has 0 aliphatic rings. The molecule has 0 saturated heterocycles. The summed E-state index contributed by atoms with van der Waals surface area (Å²) in [5, 5.41) is 30.8. The molecule has 41 heteroatoms. The van der Waals surface area contributed by atoms with E-state index in [1.54, 1.807) is 49.4 Å². The van der Waals surface area contributed by atoms with E-state index in [2.05, 4.69) is 197 Å².